The van der Waals surface area contributed by atoms with Crippen molar-refractivity contribution in [2.45, 2.75) is 6.92 Å². The van der Waals surface area contributed by atoms with Gasteiger partial charge in [0.25, 0.3) is 0 Å². The van der Waals surface area contributed by atoms with Gasteiger partial charge in [-0.3, -0.25) is 4.90 Å². The Bertz CT molecular complexity index is 348. The van der Waals surface area contributed by atoms with Gasteiger partial charge in [0.2, 0.25) is 0 Å². The molecule has 1 aromatic rings. The van der Waals surface area contributed by atoms with Gasteiger partial charge >= 0.3 is 6.09 Å². The molecule has 0 fully saturated rings. The summed E-state index contributed by atoms with van der Waals surface area (Å²) in [6.45, 7) is 2.08. The number of halogens is 2. The summed E-state index contributed by atoms with van der Waals surface area (Å²) >= 11 is 11.6. The van der Waals surface area contributed by atoms with Crippen LogP contribution in [0.1, 0.15) is 6.92 Å². The molecule has 0 radical (unpaired) electrons. The number of carbonyl (C=O) groups is 1. The van der Waals surface area contributed by atoms with Gasteiger partial charge in [0.1, 0.15) is 0 Å². The summed E-state index contributed by atoms with van der Waals surface area (Å²) < 4.78 is 4.84. The lowest BCUT2D eigenvalue weighted by molar-refractivity contribution is 0.161. The number of ether oxygens (including phenoxy) is 1. The van der Waals surface area contributed by atoms with Crippen molar-refractivity contribution in [3.8, 4) is 0 Å². The zero-order valence-corrected chi connectivity index (χ0v) is 9.97. The lowest BCUT2D eigenvalue weighted by Gasteiger charge is -2.16. The topological polar surface area (TPSA) is 29.5 Å². The first-order valence-corrected chi connectivity index (χ1v) is 5.16. The molecule has 0 aliphatic rings. The molecule has 0 bridgehead atoms. The van der Waals surface area contributed by atoms with Crippen molar-refractivity contribution in [1.82, 2.24) is 0 Å². The molecule has 0 aromatic heterocycles. The average Bonchev–Trinajstić information content (AvgIpc) is 2.15. The van der Waals surface area contributed by atoms with E-state index in [9.17, 15) is 4.79 Å². The van der Waals surface area contributed by atoms with Crippen LogP contribution in [0.3, 0.4) is 0 Å². The highest BCUT2D eigenvalue weighted by molar-refractivity contribution is 6.35. The monoisotopic (exact) mass is 247 g/mol. The van der Waals surface area contributed by atoms with Crippen molar-refractivity contribution in [3.05, 3.63) is 28.2 Å². The molecule has 0 N–H and O–H groups in total. The summed E-state index contributed by atoms with van der Waals surface area (Å²) in [5.74, 6) is 0. The van der Waals surface area contributed by atoms with Crippen LogP contribution >= 0.6 is 23.2 Å². The molecule has 5 heteroatoms. The summed E-state index contributed by atoms with van der Waals surface area (Å²) in [5.41, 5.74) is 0.603. The van der Waals surface area contributed by atoms with E-state index >= 15 is 0 Å². The van der Waals surface area contributed by atoms with E-state index < -0.39 is 6.09 Å². The van der Waals surface area contributed by atoms with E-state index in [4.69, 9.17) is 27.9 Å². The number of nitrogens with zero attached hydrogens (tertiary/aromatic N) is 1. The predicted octanol–water partition coefficient (Wildman–Crippen LogP) is 3.59. The summed E-state index contributed by atoms with van der Waals surface area (Å²) in [7, 11) is 1.60. The Labute approximate surface area is 98.5 Å². The van der Waals surface area contributed by atoms with Crippen LogP contribution in [-0.4, -0.2) is 19.7 Å². The number of anilines is 1. The Kier molecular flexibility index (Phi) is 4.24. The van der Waals surface area contributed by atoms with Crippen LogP contribution < -0.4 is 4.90 Å². The van der Waals surface area contributed by atoms with Crippen molar-refractivity contribution in [3.63, 3.8) is 0 Å². The fourth-order valence-corrected chi connectivity index (χ4v) is 1.57. The second-order valence-corrected chi connectivity index (χ2v) is 3.76. The number of carbonyl (C=O) groups excluding carboxylic acids is 1. The Hall–Kier alpha value is -0.930. The van der Waals surface area contributed by atoms with Crippen LogP contribution in [0.15, 0.2) is 18.2 Å². The first-order chi connectivity index (χ1) is 7.04. The molecule has 15 heavy (non-hydrogen) atoms. The maximum Gasteiger partial charge on any atom is 0.413 e. The molecule has 0 aliphatic carbocycles. The van der Waals surface area contributed by atoms with E-state index in [2.05, 4.69) is 0 Å². The van der Waals surface area contributed by atoms with Crippen LogP contribution in [0.2, 0.25) is 10.0 Å². The molecule has 3 nitrogen and oxygen atoms in total. The Morgan fingerprint density at radius 1 is 1.33 bits per heavy atom. The van der Waals surface area contributed by atoms with Crippen molar-refractivity contribution in [2.24, 2.45) is 0 Å². The maximum atomic E-state index is 11.4. The molecular formula is C10H11Cl2NO2. The zero-order chi connectivity index (χ0) is 11.4. The first-order valence-electron chi connectivity index (χ1n) is 4.41. The van der Waals surface area contributed by atoms with Crippen molar-refractivity contribution in [2.75, 3.05) is 18.6 Å². The normalized spacial score (nSPS) is 9.87. The lowest BCUT2D eigenvalue weighted by Crippen LogP contribution is -2.26. The van der Waals surface area contributed by atoms with Crippen LogP contribution in [0.25, 0.3) is 0 Å². The summed E-state index contributed by atoms with van der Waals surface area (Å²) in [5, 5.41) is 0.960. The van der Waals surface area contributed by atoms with Gasteiger partial charge in [-0.25, -0.2) is 4.79 Å². The maximum absolute atomic E-state index is 11.4. The van der Waals surface area contributed by atoms with Crippen LogP contribution in [0, 0.1) is 0 Å². The van der Waals surface area contributed by atoms with Crippen LogP contribution in [0.4, 0.5) is 10.5 Å². The van der Waals surface area contributed by atoms with Gasteiger partial charge in [-0.2, -0.15) is 0 Å². The molecule has 1 aromatic carbocycles. The average molecular weight is 248 g/mol. The number of amides is 1. The van der Waals surface area contributed by atoms with Gasteiger partial charge in [0.15, 0.2) is 0 Å². The lowest BCUT2D eigenvalue weighted by atomic mass is 10.3. The Morgan fingerprint density at radius 2 is 1.87 bits per heavy atom. The molecule has 0 aliphatic heterocycles. The minimum atomic E-state index is -0.434. The molecule has 0 saturated carbocycles. The molecule has 0 spiro atoms. The van der Waals surface area contributed by atoms with E-state index in [1.807, 2.05) is 0 Å². The molecular weight excluding hydrogens is 237 g/mol. The van der Waals surface area contributed by atoms with E-state index in [0.717, 1.165) is 0 Å². The largest absolute Gasteiger partial charge is 0.449 e. The van der Waals surface area contributed by atoms with E-state index in [1.54, 1.807) is 32.2 Å². The highest BCUT2D eigenvalue weighted by atomic mass is 35.5. The van der Waals surface area contributed by atoms with Crippen molar-refractivity contribution < 1.29 is 9.53 Å². The number of benzene rings is 1. The van der Waals surface area contributed by atoms with E-state index in [1.165, 1.54) is 4.90 Å². The fourth-order valence-electron chi connectivity index (χ4n) is 1.06. The first kappa shape index (κ1) is 12.1. The number of hydrogen-bond acceptors (Lipinski definition) is 2. The SMILES string of the molecule is CCOC(=O)N(C)c1cc(Cl)cc(Cl)c1. The summed E-state index contributed by atoms with van der Waals surface area (Å²) in [6, 6.07) is 4.89. The summed E-state index contributed by atoms with van der Waals surface area (Å²) in [6.07, 6.45) is -0.434. The fraction of sp³-hybridized carbons (Fsp3) is 0.300. The molecule has 82 valence electrons. The molecule has 0 saturated heterocycles. The minimum Gasteiger partial charge on any atom is -0.449 e. The summed E-state index contributed by atoms with van der Waals surface area (Å²) in [4.78, 5) is 12.7. The third kappa shape index (κ3) is 3.29. The Morgan fingerprint density at radius 3 is 2.33 bits per heavy atom. The smallest absolute Gasteiger partial charge is 0.413 e. The standard InChI is InChI=1S/C10H11Cl2NO2/c1-3-15-10(14)13(2)9-5-7(11)4-8(12)6-9/h4-6H,3H2,1-2H3. The molecule has 1 rings (SSSR count). The van der Waals surface area contributed by atoms with Crippen molar-refractivity contribution >= 4 is 35.0 Å². The van der Waals surface area contributed by atoms with Gasteiger partial charge < -0.3 is 4.74 Å². The highest BCUT2D eigenvalue weighted by Gasteiger charge is 2.12. The highest BCUT2D eigenvalue weighted by Crippen LogP contribution is 2.24. The van der Waals surface area contributed by atoms with E-state index in [0.29, 0.717) is 22.3 Å². The minimum absolute atomic E-state index is 0.331. The third-order valence-corrected chi connectivity index (χ3v) is 2.21. The van der Waals surface area contributed by atoms with Gasteiger partial charge in [-0.05, 0) is 25.1 Å². The van der Waals surface area contributed by atoms with Crippen molar-refractivity contribution in [1.29, 1.82) is 0 Å². The number of hydrogen-bond donors (Lipinski definition) is 0. The van der Waals surface area contributed by atoms with Gasteiger partial charge in [0.05, 0.1) is 6.61 Å². The second-order valence-electron chi connectivity index (χ2n) is 2.89. The molecule has 0 unspecified atom stereocenters. The molecule has 0 atom stereocenters. The van der Waals surface area contributed by atoms with Gasteiger partial charge in [-0.1, -0.05) is 23.2 Å². The molecule has 0 heterocycles. The predicted molar refractivity (Wildman–Crippen MR) is 61.9 cm³/mol. The third-order valence-electron chi connectivity index (χ3n) is 1.78. The second kappa shape index (κ2) is 5.24. The van der Waals surface area contributed by atoms with Crippen LogP contribution in [-0.2, 0) is 4.74 Å². The van der Waals surface area contributed by atoms with Gasteiger partial charge in [-0.15, -0.1) is 0 Å². The Balaban J connectivity index is 2.90. The number of rotatable bonds is 2. The van der Waals surface area contributed by atoms with E-state index in [-0.39, 0.29) is 0 Å². The van der Waals surface area contributed by atoms with Gasteiger partial charge in [0, 0.05) is 22.8 Å². The quantitative estimate of drug-likeness (QED) is 0.800. The van der Waals surface area contributed by atoms with Crippen LogP contribution in [0.5, 0.6) is 0 Å². The zero-order valence-electron chi connectivity index (χ0n) is 8.46. The molecule has 1 amide bonds.